The van der Waals surface area contributed by atoms with E-state index in [1.54, 1.807) is 6.07 Å². The molecule has 0 unspecified atom stereocenters. The molecule has 0 spiro atoms. The predicted molar refractivity (Wildman–Crippen MR) is 88.8 cm³/mol. The van der Waals surface area contributed by atoms with Crippen LogP contribution in [0.1, 0.15) is 41.6 Å². The molecular formula is C16H21NO6S. The summed E-state index contributed by atoms with van der Waals surface area (Å²) >= 11 is 0. The first kappa shape index (κ1) is 18.4. The van der Waals surface area contributed by atoms with Crippen molar-refractivity contribution in [3.05, 3.63) is 29.3 Å². The molecule has 1 aromatic carbocycles. The Kier molecular flexibility index (Phi) is 5.29. The zero-order chi connectivity index (χ0) is 18.0. The van der Waals surface area contributed by atoms with E-state index in [1.807, 2.05) is 0 Å². The summed E-state index contributed by atoms with van der Waals surface area (Å²) in [7, 11) is -2.11. The van der Waals surface area contributed by atoms with Gasteiger partial charge in [-0.1, -0.05) is 12.8 Å². The molecule has 0 radical (unpaired) electrons. The van der Waals surface area contributed by atoms with Gasteiger partial charge in [0.2, 0.25) is 5.91 Å². The van der Waals surface area contributed by atoms with Crippen LogP contribution in [0.15, 0.2) is 18.2 Å². The van der Waals surface area contributed by atoms with E-state index in [-0.39, 0.29) is 30.7 Å². The van der Waals surface area contributed by atoms with Gasteiger partial charge in [-0.2, -0.15) is 0 Å². The summed E-state index contributed by atoms with van der Waals surface area (Å²) in [5.41, 5.74) is 0.828. The van der Waals surface area contributed by atoms with Crippen LogP contribution in [-0.4, -0.2) is 43.5 Å². The van der Waals surface area contributed by atoms with Gasteiger partial charge in [-0.25, -0.2) is 13.2 Å². The number of carbonyl (C=O) groups excluding carboxylic acids is 1. The number of hydrogen-bond donors (Lipinski definition) is 2. The summed E-state index contributed by atoms with van der Waals surface area (Å²) in [4.78, 5) is 23.9. The van der Waals surface area contributed by atoms with Crippen molar-refractivity contribution in [1.29, 1.82) is 0 Å². The molecule has 7 nitrogen and oxygen atoms in total. The monoisotopic (exact) mass is 355 g/mol. The Hall–Kier alpha value is -1.93. The van der Waals surface area contributed by atoms with Gasteiger partial charge in [0.25, 0.3) is 0 Å². The molecule has 2 N–H and O–H groups in total. The van der Waals surface area contributed by atoms with Crippen LogP contribution in [-0.2, 0) is 26.0 Å². The Bertz CT molecular complexity index is 750. The van der Waals surface area contributed by atoms with Gasteiger partial charge in [0.05, 0.1) is 12.2 Å². The van der Waals surface area contributed by atoms with Crippen LogP contribution in [0.3, 0.4) is 0 Å². The van der Waals surface area contributed by atoms with Crippen molar-refractivity contribution in [2.24, 2.45) is 0 Å². The summed E-state index contributed by atoms with van der Waals surface area (Å²) < 4.78 is 27.9. The minimum atomic E-state index is -3.58. The molecule has 132 valence electrons. The lowest BCUT2D eigenvalue weighted by Crippen LogP contribution is -2.47. The maximum absolute atomic E-state index is 12.7. The van der Waals surface area contributed by atoms with E-state index in [0.29, 0.717) is 18.4 Å². The first-order valence-corrected chi connectivity index (χ1v) is 9.46. The summed E-state index contributed by atoms with van der Waals surface area (Å²) in [6, 6.07) is 4.34. The number of sulfone groups is 1. The largest absolute Gasteiger partial charge is 0.478 e. The summed E-state index contributed by atoms with van der Waals surface area (Å²) in [5, 5.41) is 11.8. The predicted octanol–water partition coefficient (Wildman–Crippen LogP) is 1.83. The Morgan fingerprint density at radius 2 is 1.88 bits per heavy atom. The zero-order valence-corrected chi connectivity index (χ0v) is 14.5. The van der Waals surface area contributed by atoms with Crippen molar-refractivity contribution >= 4 is 27.4 Å². The Morgan fingerprint density at radius 1 is 1.25 bits per heavy atom. The quantitative estimate of drug-likeness (QED) is 0.805. The van der Waals surface area contributed by atoms with Gasteiger partial charge < -0.3 is 15.2 Å². The topological polar surface area (TPSA) is 110 Å². The zero-order valence-electron chi connectivity index (χ0n) is 13.7. The fraction of sp³-hybridized carbons (Fsp3) is 0.500. The number of rotatable bonds is 6. The van der Waals surface area contributed by atoms with Crippen LogP contribution < -0.4 is 5.32 Å². The number of anilines is 1. The minimum absolute atomic E-state index is 0.000299. The number of carboxylic acid groups (broad SMARTS) is 1. The lowest BCUT2D eigenvalue weighted by atomic mass is 10.1. The number of nitrogens with one attached hydrogen (secondary N) is 1. The summed E-state index contributed by atoms with van der Waals surface area (Å²) in [6.45, 7) is 0.182. The maximum atomic E-state index is 12.7. The average Bonchev–Trinajstić information content (AvgIpc) is 2.97. The first-order valence-electron chi connectivity index (χ1n) is 7.57. The fourth-order valence-electron chi connectivity index (χ4n) is 3.09. The van der Waals surface area contributed by atoms with Crippen molar-refractivity contribution in [1.82, 2.24) is 0 Å². The maximum Gasteiger partial charge on any atom is 0.335 e. The summed E-state index contributed by atoms with van der Waals surface area (Å²) in [5.74, 6) is -1.74. The van der Waals surface area contributed by atoms with E-state index in [2.05, 4.69) is 5.32 Å². The third kappa shape index (κ3) is 3.59. The highest BCUT2D eigenvalue weighted by atomic mass is 32.2. The molecule has 0 aliphatic heterocycles. The van der Waals surface area contributed by atoms with E-state index >= 15 is 0 Å². The van der Waals surface area contributed by atoms with Crippen LogP contribution in [0, 0.1) is 0 Å². The van der Waals surface area contributed by atoms with Crippen LogP contribution in [0.5, 0.6) is 0 Å². The van der Waals surface area contributed by atoms with Crippen molar-refractivity contribution < 1.29 is 27.9 Å². The number of carboxylic acids is 1. The van der Waals surface area contributed by atoms with Gasteiger partial charge in [-0.15, -0.1) is 0 Å². The number of hydrogen-bond acceptors (Lipinski definition) is 5. The van der Waals surface area contributed by atoms with Crippen molar-refractivity contribution in [2.75, 3.05) is 18.7 Å². The van der Waals surface area contributed by atoms with Crippen LogP contribution in [0.2, 0.25) is 0 Å². The van der Waals surface area contributed by atoms with Gasteiger partial charge in [0.15, 0.2) is 14.6 Å². The first-order chi connectivity index (χ1) is 11.2. The van der Waals surface area contributed by atoms with Crippen LogP contribution in [0.4, 0.5) is 5.69 Å². The fourth-order valence-corrected chi connectivity index (χ4v) is 4.51. The highest BCUT2D eigenvalue weighted by Gasteiger charge is 2.50. The molecule has 24 heavy (non-hydrogen) atoms. The third-order valence-electron chi connectivity index (χ3n) is 4.34. The second-order valence-electron chi connectivity index (χ2n) is 6.08. The Morgan fingerprint density at radius 3 is 2.38 bits per heavy atom. The molecule has 0 heterocycles. The molecule has 1 saturated carbocycles. The lowest BCUT2D eigenvalue weighted by molar-refractivity contribution is -0.118. The molecule has 1 aliphatic rings. The van der Waals surface area contributed by atoms with Gasteiger partial charge >= 0.3 is 5.97 Å². The Balaban J connectivity index is 2.35. The van der Waals surface area contributed by atoms with Crippen molar-refractivity contribution in [3.63, 3.8) is 0 Å². The second-order valence-corrected chi connectivity index (χ2v) is 8.41. The molecule has 1 fully saturated rings. The summed E-state index contributed by atoms with van der Waals surface area (Å²) in [6.07, 6.45) is 2.97. The van der Waals surface area contributed by atoms with E-state index in [9.17, 15) is 23.1 Å². The molecule has 1 aliphatic carbocycles. The normalized spacial score (nSPS) is 16.8. The molecular weight excluding hydrogens is 334 g/mol. The molecule has 0 saturated heterocycles. The standard InChI is InChI=1S/C16H21NO6S/c1-23-10-11-7-12(14(18)19)9-13(8-11)17-15(20)16(24(2,21)22)5-3-4-6-16/h7-9H,3-6,10H2,1-2H3,(H,17,20)(H,18,19). The Labute approximate surface area is 140 Å². The van der Waals surface area contributed by atoms with E-state index in [0.717, 1.165) is 6.26 Å². The molecule has 0 bridgehead atoms. The number of benzene rings is 1. The molecule has 2 rings (SSSR count). The highest BCUT2D eigenvalue weighted by Crippen LogP contribution is 2.37. The molecule has 0 atom stereocenters. The highest BCUT2D eigenvalue weighted by molar-refractivity contribution is 7.92. The van der Waals surface area contributed by atoms with Gasteiger partial charge in [0.1, 0.15) is 0 Å². The average molecular weight is 355 g/mol. The number of amides is 1. The van der Waals surface area contributed by atoms with Gasteiger partial charge in [-0.05, 0) is 36.6 Å². The molecule has 1 aromatic rings. The van der Waals surface area contributed by atoms with Crippen molar-refractivity contribution in [3.8, 4) is 0 Å². The van der Waals surface area contributed by atoms with E-state index in [1.165, 1.54) is 19.2 Å². The molecule has 0 aromatic heterocycles. The second kappa shape index (κ2) is 6.90. The molecule has 8 heteroatoms. The molecule has 1 amide bonds. The SMILES string of the molecule is COCc1cc(NC(=O)C2(S(C)(=O)=O)CCCC2)cc(C(=O)O)c1. The van der Waals surface area contributed by atoms with Gasteiger partial charge in [0, 0.05) is 19.1 Å². The van der Waals surface area contributed by atoms with E-state index in [4.69, 9.17) is 4.74 Å². The third-order valence-corrected chi connectivity index (χ3v) is 6.36. The number of aromatic carboxylic acids is 1. The van der Waals surface area contributed by atoms with Crippen molar-refractivity contribution in [2.45, 2.75) is 37.0 Å². The lowest BCUT2D eigenvalue weighted by Gasteiger charge is -2.25. The number of ether oxygens (including phenoxy) is 1. The van der Waals surface area contributed by atoms with Crippen LogP contribution >= 0.6 is 0 Å². The number of carbonyl (C=O) groups is 2. The smallest absolute Gasteiger partial charge is 0.335 e. The minimum Gasteiger partial charge on any atom is -0.478 e. The van der Waals surface area contributed by atoms with Crippen LogP contribution in [0.25, 0.3) is 0 Å². The number of methoxy groups -OCH3 is 1. The van der Waals surface area contributed by atoms with E-state index < -0.39 is 26.5 Å². The van der Waals surface area contributed by atoms with Gasteiger partial charge in [-0.3, -0.25) is 4.79 Å².